The van der Waals surface area contributed by atoms with Gasteiger partial charge in [-0.05, 0) is 66.6 Å². The van der Waals surface area contributed by atoms with E-state index in [0.29, 0.717) is 5.82 Å². The third kappa shape index (κ3) is 4.80. The van der Waals surface area contributed by atoms with E-state index in [2.05, 4.69) is 33.4 Å². The van der Waals surface area contributed by atoms with Crippen LogP contribution in [0.3, 0.4) is 0 Å². The van der Waals surface area contributed by atoms with Crippen LogP contribution in [0.15, 0.2) is 12.7 Å². The zero-order chi connectivity index (χ0) is 18.7. The molecule has 3 rings (SSSR count). The van der Waals surface area contributed by atoms with Crippen molar-refractivity contribution in [3.05, 3.63) is 12.7 Å². The van der Waals surface area contributed by atoms with Gasteiger partial charge >= 0.3 is 0 Å². The summed E-state index contributed by atoms with van der Waals surface area (Å²) in [6.07, 6.45) is 17.9. The summed E-state index contributed by atoms with van der Waals surface area (Å²) in [4.78, 5) is 0. The lowest BCUT2D eigenvalue weighted by molar-refractivity contribution is -0.0111. The molecule has 0 spiro atoms. The summed E-state index contributed by atoms with van der Waals surface area (Å²) in [6, 6.07) is 0. The fraction of sp³-hybridized carbons (Fsp3) is 0.920. The average molecular weight is 354 g/mol. The highest BCUT2D eigenvalue weighted by atomic mass is 14.5. The lowest BCUT2D eigenvalue weighted by Gasteiger charge is -2.52. The zero-order valence-corrected chi connectivity index (χ0v) is 17.8. The molecule has 0 nitrogen and oxygen atoms in total. The molecule has 3 aliphatic rings. The van der Waals surface area contributed by atoms with Crippen LogP contribution in [0.2, 0.25) is 5.82 Å². The number of hydrogen-bond acceptors (Lipinski definition) is 0. The predicted octanol–water partition coefficient (Wildman–Crippen LogP) is 7.45. The SMILES string of the molecule is [B]C1CCC2C(C)C(CC(C=C)CC3CCCCC3)CC(C(C)C)C2C1. The molecule has 26 heavy (non-hydrogen) atoms. The molecule has 146 valence electrons. The second-order valence-corrected chi connectivity index (χ2v) is 10.6. The summed E-state index contributed by atoms with van der Waals surface area (Å²) in [7, 11) is 6.38. The molecule has 0 aromatic carbocycles. The number of allylic oxidation sites excluding steroid dienone is 1. The lowest BCUT2D eigenvalue weighted by atomic mass is 9.51. The van der Waals surface area contributed by atoms with Gasteiger partial charge in [-0.1, -0.05) is 84.0 Å². The number of fused-ring (bicyclic) bond motifs is 1. The smallest absolute Gasteiger partial charge is 0.0699 e. The van der Waals surface area contributed by atoms with Crippen molar-refractivity contribution in [1.29, 1.82) is 0 Å². The molecule has 3 saturated carbocycles. The molecule has 2 radical (unpaired) electrons. The van der Waals surface area contributed by atoms with E-state index in [4.69, 9.17) is 7.85 Å². The Hall–Kier alpha value is -0.195. The highest BCUT2D eigenvalue weighted by Gasteiger charge is 2.45. The van der Waals surface area contributed by atoms with Gasteiger partial charge in [-0.15, -0.1) is 6.58 Å². The van der Waals surface area contributed by atoms with E-state index >= 15 is 0 Å². The Morgan fingerprint density at radius 1 is 0.962 bits per heavy atom. The zero-order valence-electron chi connectivity index (χ0n) is 17.8. The van der Waals surface area contributed by atoms with E-state index in [1.165, 1.54) is 70.6 Å². The number of rotatable bonds is 6. The Morgan fingerprint density at radius 2 is 1.69 bits per heavy atom. The third-order valence-corrected chi connectivity index (χ3v) is 8.70. The molecule has 0 aliphatic heterocycles. The summed E-state index contributed by atoms with van der Waals surface area (Å²) in [5.74, 6) is 7.52. The van der Waals surface area contributed by atoms with Gasteiger partial charge in [0.15, 0.2) is 0 Å². The highest BCUT2D eigenvalue weighted by Crippen LogP contribution is 2.54. The molecule has 7 atom stereocenters. The molecule has 0 saturated heterocycles. The summed E-state index contributed by atoms with van der Waals surface area (Å²) < 4.78 is 0. The first-order valence-corrected chi connectivity index (χ1v) is 11.9. The molecule has 0 heterocycles. The molecule has 1 heteroatoms. The standard InChI is InChI=1S/C25H43B/c1-5-19(13-20-9-7-6-8-10-20)14-21-15-24(17(2)3)25-16-22(26)11-12-23(25)18(21)4/h5,17-25H,1,6-16H2,2-4H3. The first-order valence-electron chi connectivity index (χ1n) is 11.9. The van der Waals surface area contributed by atoms with Crippen molar-refractivity contribution in [1.82, 2.24) is 0 Å². The molecular formula is C25H43B. The molecule has 3 aliphatic carbocycles. The Bertz CT molecular complexity index is 433. The first-order chi connectivity index (χ1) is 12.5. The van der Waals surface area contributed by atoms with Crippen LogP contribution < -0.4 is 0 Å². The first kappa shape index (κ1) is 20.5. The van der Waals surface area contributed by atoms with Crippen molar-refractivity contribution in [2.24, 2.45) is 47.3 Å². The van der Waals surface area contributed by atoms with Crippen LogP contribution in [-0.4, -0.2) is 7.85 Å². The van der Waals surface area contributed by atoms with Crippen LogP contribution in [0.25, 0.3) is 0 Å². The maximum atomic E-state index is 6.38. The predicted molar refractivity (Wildman–Crippen MR) is 115 cm³/mol. The van der Waals surface area contributed by atoms with Gasteiger partial charge in [-0.25, -0.2) is 0 Å². The lowest BCUT2D eigenvalue weighted by Crippen LogP contribution is -2.44. The van der Waals surface area contributed by atoms with Crippen molar-refractivity contribution in [3.8, 4) is 0 Å². The van der Waals surface area contributed by atoms with Crippen LogP contribution >= 0.6 is 0 Å². The molecule has 0 amide bonds. The largest absolute Gasteiger partial charge is 0.103 e. The fourth-order valence-electron chi connectivity index (χ4n) is 7.10. The topological polar surface area (TPSA) is 0 Å². The monoisotopic (exact) mass is 354 g/mol. The normalized spacial score (nSPS) is 40.2. The maximum absolute atomic E-state index is 6.38. The van der Waals surface area contributed by atoms with E-state index in [0.717, 1.165) is 47.3 Å². The minimum atomic E-state index is 0.466. The Kier molecular flexibility index (Phi) is 7.37. The quantitative estimate of drug-likeness (QED) is 0.343. The van der Waals surface area contributed by atoms with E-state index in [-0.39, 0.29) is 0 Å². The molecule has 0 aromatic heterocycles. The van der Waals surface area contributed by atoms with Crippen LogP contribution in [0.1, 0.15) is 91.4 Å². The van der Waals surface area contributed by atoms with Gasteiger partial charge in [0.25, 0.3) is 0 Å². The van der Waals surface area contributed by atoms with Crippen LogP contribution in [0.4, 0.5) is 0 Å². The van der Waals surface area contributed by atoms with Gasteiger partial charge in [0, 0.05) is 0 Å². The van der Waals surface area contributed by atoms with Gasteiger partial charge in [-0.2, -0.15) is 0 Å². The average Bonchev–Trinajstić information content (AvgIpc) is 2.63. The second-order valence-electron chi connectivity index (χ2n) is 10.6. The minimum absolute atomic E-state index is 0.466. The molecule has 3 fully saturated rings. The van der Waals surface area contributed by atoms with E-state index < -0.39 is 0 Å². The summed E-state index contributed by atoms with van der Waals surface area (Å²) in [6.45, 7) is 11.7. The maximum Gasteiger partial charge on any atom is 0.0699 e. The molecule has 0 aromatic rings. The molecule has 0 bridgehead atoms. The third-order valence-electron chi connectivity index (χ3n) is 8.70. The molecule has 0 N–H and O–H groups in total. The highest BCUT2D eigenvalue weighted by molar-refractivity contribution is 6.11. The summed E-state index contributed by atoms with van der Waals surface area (Å²) >= 11 is 0. The summed E-state index contributed by atoms with van der Waals surface area (Å²) in [5, 5.41) is 0. The van der Waals surface area contributed by atoms with Crippen LogP contribution in [0.5, 0.6) is 0 Å². The van der Waals surface area contributed by atoms with Crippen LogP contribution in [0, 0.1) is 47.3 Å². The minimum Gasteiger partial charge on any atom is -0.103 e. The van der Waals surface area contributed by atoms with E-state index in [1.807, 2.05) is 0 Å². The second kappa shape index (κ2) is 9.33. The van der Waals surface area contributed by atoms with Gasteiger partial charge in [0.1, 0.15) is 0 Å². The molecular weight excluding hydrogens is 311 g/mol. The van der Waals surface area contributed by atoms with Crippen molar-refractivity contribution < 1.29 is 0 Å². The van der Waals surface area contributed by atoms with Gasteiger partial charge < -0.3 is 0 Å². The number of hydrogen-bond donors (Lipinski definition) is 0. The van der Waals surface area contributed by atoms with E-state index in [1.54, 1.807) is 0 Å². The van der Waals surface area contributed by atoms with Gasteiger partial charge in [0.2, 0.25) is 0 Å². The van der Waals surface area contributed by atoms with Crippen molar-refractivity contribution in [3.63, 3.8) is 0 Å². The van der Waals surface area contributed by atoms with Crippen LogP contribution in [-0.2, 0) is 0 Å². The Morgan fingerprint density at radius 3 is 2.35 bits per heavy atom. The Labute approximate surface area is 165 Å². The van der Waals surface area contributed by atoms with Crippen molar-refractivity contribution in [2.45, 2.75) is 97.2 Å². The summed E-state index contributed by atoms with van der Waals surface area (Å²) in [5.41, 5.74) is 0. The Balaban J connectivity index is 1.65. The molecule has 7 unspecified atom stereocenters. The van der Waals surface area contributed by atoms with Gasteiger partial charge in [-0.3, -0.25) is 0 Å². The fourth-order valence-corrected chi connectivity index (χ4v) is 7.10. The van der Waals surface area contributed by atoms with Gasteiger partial charge in [0.05, 0.1) is 7.85 Å². The van der Waals surface area contributed by atoms with E-state index in [9.17, 15) is 0 Å². The van der Waals surface area contributed by atoms with Crippen molar-refractivity contribution >= 4 is 7.85 Å². The van der Waals surface area contributed by atoms with Crippen molar-refractivity contribution in [2.75, 3.05) is 0 Å².